The average Bonchev–Trinajstić information content (AvgIpc) is 1.82. The van der Waals surface area contributed by atoms with Gasteiger partial charge in [0.2, 0.25) is 59.4 Å². The lowest BCUT2D eigenvalue weighted by atomic mass is 9.89. The quantitative estimate of drug-likeness (QED) is 0.0271. The third-order valence-electron chi connectivity index (χ3n) is 20.3. The maximum atomic E-state index is 11.5. The summed E-state index contributed by atoms with van der Waals surface area (Å²) in [7, 11) is 4.04. The van der Waals surface area contributed by atoms with Crippen LogP contribution in [0, 0.1) is 6.92 Å². The molecule has 34 nitrogen and oxygen atoms in total. The van der Waals surface area contributed by atoms with E-state index < -0.39 is 0 Å². The SMILES string of the molecule is CC(=O)N1CCC(c2ccc(Nc3nc(N)n(-c4ccccn4)n3)cc2)CC1.CC(C)N1CCC(c2ccc(Nc3nc(N)n(-c4ccccn4)n3)cc2)CC1.Cc1cnc(NCCN(C)C)nc1-n1nc(Nc2ccc(N3CCOCC3)cc2)nc1N.Nc1nc(Nc2ccc(CCCN3CCOCC3)cc2)nn1-c1ccccn1. The lowest BCUT2D eigenvalue weighted by Gasteiger charge is -2.34. The number of likely N-dealkylation sites (tertiary alicyclic amines) is 2. The number of hydrogen-bond donors (Lipinski definition) is 9. The van der Waals surface area contributed by atoms with Crippen LogP contribution in [0.2, 0.25) is 0 Å². The van der Waals surface area contributed by atoms with Crippen LogP contribution in [0.3, 0.4) is 0 Å². The third-order valence-corrected chi connectivity index (χ3v) is 20.3. The summed E-state index contributed by atoms with van der Waals surface area (Å²) in [5.74, 6) is 7.15. The van der Waals surface area contributed by atoms with Crippen LogP contribution >= 0.6 is 0 Å². The molecule has 4 aliphatic heterocycles. The van der Waals surface area contributed by atoms with Gasteiger partial charge in [0.05, 0.1) is 26.4 Å². The van der Waals surface area contributed by atoms with Gasteiger partial charge in [-0.2, -0.15) is 43.6 Å². The highest BCUT2D eigenvalue weighted by molar-refractivity contribution is 5.73. The van der Waals surface area contributed by atoms with Crippen molar-refractivity contribution in [3.05, 3.63) is 199 Å². The molecule has 116 heavy (non-hydrogen) atoms. The molecule has 13 N–H and O–H groups in total. The van der Waals surface area contributed by atoms with Crippen molar-refractivity contribution < 1.29 is 14.3 Å². The zero-order valence-corrected chi connectivity index (χ0v) is 66.7. The second kappa shape index (κ2) is 39.8. The van der Waals surface area contributed by atoms with E-state index in [9.17, 15) is 4.79 Å². The van der Waals surface area contributed by atoms with Gasteiger partial charge in [0, 0.05) is 124 Å². The Labute approximate surface area is 675 Å². The summed E-state index contributed by atoms with van der Waals surface area (Å²) in [4.78, 5) is 61.6. The predicted molar refractivity (Wildman–Crippen MR) is 454 cm³/mol. The van der Waals surface area contributed by atoms with Gasteiger partial charge < -0.3 is 78.6 Å². The summed E-state index contributed by atoms with van der Waals surface area (Å²) in [6.07, 6.45) is 13.5. The van der Waals surface area contributed by atoms with Crippen LogP contribution in [0.4, 0.5) is 82.0 Å². The Kier molecular flexibility index (Phi) is 27.9. The number of benzene rings is 4. The van der Waals surface area contributed by atoms with E-state index in [1.807, 2.05) is 117 Å². The minimum atomic E-state index is 0.162. The summed E-state index contributed by atoms with van der Waals surface area (Å²) in [6.45, 7) is 22.0. The Balaban J connectivity index is 0.000000135. The smallest absolute Gasteiger partial charge is 0.248 e. The number of nitrogens with two attached hydrogens (primary N) is 4. The Hall–Kier alpha value is -12.8. The van der Waals surface area contributed by atoms with Crippen molar-refractivity contribution in [2.75, 3.05) is 167 Å². The highest BCUT2D eigenvalue weighted by atomic mass is 16.5. The lowest BCUT2D eigenvalue weighted by Crippen LogP contribution is -2.37. The maximum absolute atomic E-state index is 11.5. The van der Waals surface area contributed by atoms with Crippen molar-refractivity contribution in [2.45, 2.75) is 84.1 Å². The standard InChI is InChI=1S/C21H30N10O.C21H27N7.C20H23N7O.C20H25N7O/c1-15-14-24-20(23-8-9-29(2)3)26-18(15)31-19(22)27-21(28-31)25-16-4-6-17(7-5-16)30-10-12-32-13-11-30;1-15(2)27-13-10-17(11-14-27)16-6-8-18(9-7-16)24-21-25-20(22)28(26-21)19-5-3-4-12-23-19;1-14(28)26-12-9-16(10-13-26)15-5-7-17(8-6-15)23-20-24-19(21)27(25-20)18-4-2-3-11-22-18;21-19-24-20(25-27(19)18-5-1-2-10-22-18)23-17-8-6-16(7-9-17)4-3-11-26-12-14-28-15-13-26/h4-7,14H,8-13H2,1-3H3,(H,23,24,26)(H3,22,25,27,28);3-9,12,15,17H,10-11,13-14H2,1-2H3,(H3,22,24,25,26);2-8,11,16H,9-10,12-13H2,1H3,(H3,21,23,24,25);1-2,5-10H,3-4,11-15H2,(H3,21,23,24,25). The number of piperidine rings is 2. The van der Waals surface area contributed by atoms with Crippen molar-refractivity contribution in [1.29, 1.82) is 0 Å². The summed E-state index contributed by atoms with van der Waals surface area (Å²) < 4.78 is 16.9. The molecule has 0 saturated carbocycles. The first kappa shape index (κ1) is 81.3. The highest BCUT2D eigenvalue weighted by Gasteiger charge is 2.25. The van der Waals surface area contributed by atoms with Gasteiger partial charge in [-0.1, -0.05) is 54.6 Å². The molecular formula is C82H105N31O3. The first-order chi connectivity index (χ1) is 56.5. The Morgan fingerprint density at radius 1 is 0.491 bits per heavy atom. The molecule has 12 heterocycles. The van der Waals surface area contributed by atoms with Gasteiger partial charge in [-0.15, -0.1) is 20.4 Å². The lowest BCUT2D eigenvalue weighted by molar-refractivity contribution is -0.129. The summed E-state index contributed by atoms with van der Waals surface area (Å²) in [5.41, 5.74) is 33.7. The summed E-state index contributed by atoms with van der Waals surface area (Å²) in [5, 5.41) is 33.7. The number of morpholine rings is 2. The fourth-order valence-corrected chi connectivity index (χ4v) is 13.9. The Bertz CT molecular complexity index is 5000. The fraction of sp³-hybridized carbons (Fsp3) is 0.366. The van der Waals surface area contributed by atoms with E-state index in [1.165, 1.54) is 67.0 Å². The molecule has 0 atom stereocenters. The second-order valence-electron chi connectivity index (χ2n) is 29.1. The molecular weight excluding hydrogens is 1470 g/mol. The number of amides is 1. The zero-order valence-electron chi connectivity index (χ0n) is 66.7. The molecule has 0 bridgehead atoms. The van der Waals surface area contributed by atoms with E-state index in [1.54, 1.807) is 31.7 Å². The van der Waals surface area contributed by atoms with Gasteiger partial charge in [-0.3, -0.25) is 9.69 Å². The molecule has 4 aliphatic rings. The molecule has 1 amide bonds. The minimum absolute atomic E-state index is 0.162. The van der Waals surface area contributed by atoms with Crippen LogP contribution in [0.25, 0.3) is 23.3 Å². The van der Waals surface area contributed by atoms with Crippen LogP contribution in [0.5, 0.6) is 0 Å². The van der Waals surface area contributed by atoms with Crippen LogP contribution in [-0.2, 0) is 20.7 Å². The molecule has 606 valence electrons. The monoisotopic (exact) mass is 1570 g/mol. The van der Waals surface area contributed by atoms with Crippen LogP contribution in [0.15, 0.2) is 176 Å². The first-order valence-electron chi connectivity index (χ1n) is 39.4. The number of nitrogen functional groups attached to an aromatic ring is 4. The number of carbonyl (C=O) groups excluding carboxylic acids is 1. The van der Waals surface area contributed by atoms with Crippen molar-refractivity contribution in [2.24, 2.45) is 0 Å². The average molecular weight is 1570 g/mol. The van der Waals surface area contributed by atoms with Crippen molar-refractivity contribution >= 4 is 87.9 Å². The summed E-state index contributed by atoms with van der Waals surface area (Å²) >= 11 is 0. The number of aryl methyl sites for hydroxylation is 2. The molecule has 4 saturated heterocycles. The number of aromatic nitrogens is 17. The van der Waals surface area contributed by atoms with Gasteiger partial charge >= 0.3 is 0 Å². The van der Waals surface area contributed by atoms with Crippen molar-refractivity contribution in [1.82, 2.24) is 104 Å². The van der Waals surface area contributed by atoms with E-state index >= 15 is 0 Å². The van der Waals surface area contributed by atoms with Gasteiger partial charge in [0.15, 0.2) is 23.3 Å². The van der Waals surface area contributed by atoms with Crippen LogP contribution in [-0.4, -0.2) is 228 Å². The van der Waals surface area contributed by atoms with Crippen molar-refractivity contribution in [3.63, 3.8) is 0 Å². The van der Waals surface area contributed by atoms with Gasteiger partial charge in [-0.05, 0) is 219 Å². The molecule has 16 rings (SSSR count). The van der Waals surface area contributed by atoms with E-state index in [0.717, 1.165) is 139 Å². The molecule has 8 aromatic heterocycles. The van der Waals surface area contributed by atoms with Crippen molar-refractivity contribution in [3.8, 4) is 23.3 Å². The second-order valence-corrected chi connectivity index (χ2v) is 29.1. The largest absolute Gasteiger partial charge is 0.379 e. The number of hydrogen-bond acceptors (Lipinski definition) is 29. The Morgan fingerprint density at radius 3 is 1.33 bits per heavy atom. The van der Waals surface area contributed by atoms with Crippen LogP contribution < -0.4 is 54.4 Å². The topological polar surface area (TPSA) is 403 Å². The number of ether oxygens (including phenoxy) is 2. The van der Waals surface area contributed by atoms with Gasteiger partial charge in [0.25, 0.3) is 0 Å². The first-order valence-corrected chi connectivity index (χ1v) is 39.4. The number of likely N-dealkylation sites (N-methyl/N-ethyl adjacent to an activating group) is 1. The zero-order chi connectivity index (χ0) is 80.7. The number of nitrogens with zero attached hydrogens (tertiary/aromatic N) is 22. The van der Waals surface area contributed by atoms with Crippen LogP contribution in [0.1, 0.15) is 87.0 Å². The molecule has 34 heteroatoms. The Morgan fingerprint density at radius 2 is 0.905 bits per heavy atom. The number of pyridine rings is 3. The minimum Gasteiger partial charge on any atom is -0.379 e. The van der Waals surface area contributed by atoms with E-state index in [0.29, 0.717) is 82.8 Å². The number of anilines is 14. The van der Waals surface area contributed by atoms with E-state index in [-0.39, 0.29) is 17.8 Å². The molecule has 0 radical (unpaired) electrons. The molecule has 12 aromatic rings. The van der Waals surface area contributed by atoms with Gasteiger partial charge in [-0.25, -0.2) is 19.9 Å². The molecule has 0 aliphatic carbocycles. The van der Waals surface area contributed by atoms with E-state index in [4.69, 9.17) is 32.4 Å². The molecule has 0 unspecified atom stereocenters. The summed E-state index contributed by atoms with van der Waals surface area (Å²) in [6, 6.07) is 50.7. The number of carbonyl (C=O) groups is 1. The third kappa shape index (κ3) is 22.6. The number of rotatable bonds is 24. The number of nitrogens with one attached hydrogen (secondary N) is 5. The molecule has 4 fully saturated rings. The maximum Gasteiger partial charge on any atom is 0.248 e. The molecule has 0 spiro atoms. The fourth-order valence-electron chi connectivity index (χ4n) is 13.9. The predicted octanol–water partition coefficient (Wildman–Crippen LogP) is 10.0. The normalized spacial score (nSPS) is 14.9. The van der Waals surface area contributed by atoms with E-state index in [2.05, 4.69) is 186 Å². The highest BCUT2D eigenvalue weighted by Crippen LogP contribution is 2.33. The molecule has 4 aromatic carbocycles. The van der Waals surface area contributed by atoms with Gasteiger partial charge in [0.1, 0.15) is 0 Å².